The van der Waals surface area contributed by atoms with Gasteiger partial charge in [-0.1, -0.05) is 6.07 Å². The Morgan fingerprint density at radius 3 is 2.88 bits per heavy atom. The van der Waals surface area contributed by atoms with Gasteiger partial charge in [0.2, 0.25) is 0 Å². The Bertz CT molecular complexity index is 853. The number of benzene rings is 1. The van der Waals surface area contributed by atoms with Crippen LogP contribution in [0.2, 0.25) is 0 Å². The summed E-state index contributed by atoms with van der Waals surface area (Å²) in [5.41, 5.74) is 14.1. The minimum absolute atomic E-state index is 0.0430. The van der Waals surface area contributed by atoms with Crippen molar-refractivity contribution in [2.24, 2.45) is 0 Å². The molecule has 2 aliphatic rings. The van der Waals surface area contributed by atoms with Crippen molar-refractivity contribution >= 4 is 5.82 Å². The van der Waals surface area contributed by atoms with Gasteiger partial charge in [0.05, 0.1) is 5.69 Å². The van der Waals surface area contributed by atoms with Crippen molar-refractivity contribution in [3.8, 4) is 17.0 Å². The third-order valence-electron chi connectivity index (χ3n) is 5.15. The molecule has 4 rings (SSSR count). The van der Waals surface area contributed by atoms with E-state index in [1.54, 1.807) is 16.8 Å². The Labute approximate surface area is 151 Å². The zero-order chi connectivity index (χ0) is 18.1. The molecule has 2 aliphatic heterocycles. The summed E-state index contributed by atoms with van der Waals surface area (Å²) in [6.07, 6.45) is 4.61. The SMILES string of the molecule is Nc1nc(-c2cc(C3CCNN3)ccc2O)cn(C2CCCNC2)c1=O. The third-order valence-corrected chi connectivity index (χ3v) is 5.15. The molecule has 0 saturated carbocycles. The number of phenols is 1. The molecule has 0 radical (unpaired) electrons. The van der Waals surface area contributed by atoms with Crippen molar-refractivity contribution in [2.75, 3.05) is 25.4 Å². The highest BCUT2D eigenvalue weighted by Crippen LogP contribution is 2.32. The van der Waals surface area contributed by atoms with Crippen LogP contribution in [0.5, 0.6) is 5.75 Å². The van der Waals surface area contributed by atoms with E-state index >= 15 is 0 Å². The molecule has 0 aliphatic carbocycles. The fourth-order valence-corrected chi connectivity index (χ4v) is 3.71. The molecule has 8 heteroatoms. The van der Waals surface area contributed by atoms with Crippen LogP contribution in [0.4, 0.5) is 5.82 Å². The number of hydrazine groups is 1. The smallest absolute Gasteiger partial charge is 0.293 e. The molecule has 2 aromatic rings. The molecule has 6 N–H and O–H groups in total. The minimum atomic E-state index is -0.278. The molecule has 138 valence electrons. The van der Waals surface area contributed by atoms with Crippen LogP contribution in [0, 0.1) is 0 Å². The lowest BCUT2D eigenvalue weighted by atomic mass is 10.0. The summed E-state index contributed by atoms with van der Waals surface area (Å²) in [7, 11) is 0. The van der Waals surface area contributed by atoms with Gasteiger partial charge in [0, 0.05) is 36.9 Å². The fraction of sp³-hybridized carbons (Fsp3) is 0.444. The number of hydrogen-bond donors (Lipinski definition) is 5. The van der Waals surface area contributed by atoms with E-state index in [2.05, 4.69) is 21.2 Å². The molecule has 2 atom stereocenters. The summed E-state index contributed by atoms with van der Waals surface area (Å²) in [5, 5.41) is 13.7. The third kappa shape index (κ3) is 3.18. The van der Waals surface area contributed by atoms with Crippen LogP contribution >= 0.6 is 0 Å². The molecule has 3 heterocycles. The molecule has 0 spiro atoms. The highest BCUT2D eigenvalue weighted by molar-refractivity contribution is 5.68. The van der Waals surface area contributed by atoms with Gasteiger partial charge in [-0.25, -0.2) is 4.98 Å². The van der Waals surface area contributed by atoms with Gasteiger partial charge in [-0.3, -0.25) is 15.6 Å². The molecule has 1 aromatic heterocycles. The summed E-state index contributed by atoms with van der Waals surface area (Å²) in [4.78, 5) is 16.7. The Morgan fingerprint density at radius 2 is 2.15 bits per heavy atom. The van der Waals surface area contributed by atoms with Gasteiger partial charge in [-0.05, 0) is 43.5 Å². The highest BCUT2D eigenvalue weighted by atomic mass is 16.3. The van der Waals surface area contributed by atoms with Crippen molar-refractivity contribution in [1.82, 2.24) is 25.7 Å². The van der Waals surface area contributed by atoms with E-state index in [-0.39, 0.29) is 29.2 Å². The average Bonchev–Trinajstić information content (AvgIpc) is 3.20. The van der Waals surface area contributed by atoms with Gasteiger partial charge >= 0.3 is 0 Å². The second-order valence-electron chi connectivity index (χ2n) is 6.91. The second kappa shape index (κ2) is 7.06. The molecule has 1 aromatic carbocycles. The number of nitrogens with zero attached hydrogens (tertiary/aromatic N) is 2. The van der Waals surface area contributed by atoms with Crippen molar-refractivity contribution in [1.29, 1.82) is 0 Å². The molecular formula is C18H24N6O2. The van der Waals surface area contributed by atoms with Crippen LogP contribution in [0.15, 0.2) is 29.2 Å². The van der Waals surface area contributed by atoms with Crippen LogP contribution in [-0.2, 0) is 0 Å². The summed E-state index contributed by atoms with van der Waals surface area (Å²) in [6.45, 7) is 2.59. The number of nitrogen functional groups attached to an aromatic ring is 1. The van der Waals surface area contributed by atoms with Crippen molar-refractivity contribution in [2.45, 2.75) is 31.3 Å². The number of aromatic hydroxyl groups is 1. The van der Waals surface area contributed by atoms with E-state index in [0.29, 0.717) is 11.3 Å². The largest absolute Gasteiger partial charge is 0.507 e. The lowest BCUT2D eigenvalue weighted by Gasteiger charge is -2.25. The fourth-order valence-electron chi connectivity index (χ4n) is 3.71. The van der Waals surface area contributed by atoms with Crippen molar-refractivity contribution in [3.05, 3.63) is 40.3 Å². The van der Waals surface area contributed by atoms with Gasteiger partial charge in [-0.2, -0.15) is 0 Å². The number of hydrogen-bond acceptors (Lipinski definition) is 7. The normalized spacial score (nSPS) is 23.2. The molecule has 0 amide bonds. The topological polar surface area (TPSA) is 117 Å². The van der Waals surface area contributed by atoms with Crippen LogP contribution in [0.1, 0.15) is 36.9 Å². The number of rotatable bonds is 3. The number of nitrogens with one attached hydrogen (secondary N) is 3. The van der Waals surface area contributed by atoms with Crippen LogP contribution < -0.4 is 27.5 Å². The zero-order valence-corrected chi connectivity index (χ0v) is 14.5. The molecule has 2 unspecified atom stereocenters. The summed E-state index contributed by atoms with van der Waals surface area (Å²) in [5.74, 6) is 0.0807. The van der Waals surface area contributed by atoms with Gasteiger partial charge < -0.3 is 20.7 Å². The first-order valence-corrected chi connectivity index (χ1v) is 9.04. The first kappa shape index (κ1) is 17.0. The quantitative estimate of drug-likeness (QED) is 0.548. The minimum Gasteiger partial charge on any atom is -0.507 e. The van der Waals surface area contributed by atoms with Gasteiger partial charge in [0.25, 0.3) is 5.56 Å². The monoisotopic (exact) mass is 356 g/mol. The highest BCUT2D eigenvalue weighted by Gasteiger charge is 2.21. The number of anilines is 1. The number of nitrogens with two attached hydrogens (primary N) is 1. The Kier molecular flexibility index (Phi) is 4.62. The van der Waals surface area contributed by atoms with E-state index in [9.17, 15) is 9.90 Å². The molecule has 8 nitrogen and oxygen atoms in total. The van der Waals surface area contributed by atoms with Gasteiger partial charge in [-0.15, -0.1) is 0 Å². The second-order valence-corrected chi connectivity index (χ2v) is 6.91. The van der Waals surface area contributed by atoms with E-state index in [1.165, 1.54) is 0 Å². The zero-order valence-electron chi connectivity index (χ0n) is 14.5. The van der Waals surface area contributed by atoms with Crippen molar-refractivity contribution in [3.63, 3.8) is 0 Å². The lowest BCUT2D eigenvalue weighted by Crippen LogP contribution is -2.37. The first-order valence-electron chi connectivity index (χ1n) is 9.04. The number of phenolic OH excluding ortho intramolecular Hbond substituents is 1. The molecule has 0 bridgehead atoms. The predicted molar refractivity (Wildman–Crippen MR) is 99.6 cm³/mol. The van der Waals surface area contributed by atoms with E-state index in [4.69, 9.17) is 5.73 Å². The summed E-state index contributed by atoms with van der Waals surface area (Å²) < 4.78 is 1.66. The number of aromatic nitrogens is 2. The Hall–Kier alpha value is -2.42. The maximum Gasteiger partial charge on any atom is 0.293 e. The van der Waals surface area contributed by atoms with Gasteiger partial charge in [0.15, 0.2) is 5.82 Å². The van der Waals surface area contributed by atoms with Crippen LogP contribution in [0.3, 0.4) is 0 Å². The Balaban J connectivity index is 1.76. The average molecular weight is 356 g/mol. The van der Waals surface area contributed by atoms with Gasteiger partial charge in [0.1, 0.15) is 5.75 Å². The van der Waals surface area contributed by atoms with Crippen LogP contribution in [-0.4, -0.2) is 34.3 Å². The molecule has 2 saturated heterocycles. The summed E-state index contributed by atoms with van der Waals surface area (Å²) >= 11 is 0. The maximum atomic E-state index is 12.5. The summed E-state index contributed by atoms with van der Waals surface area (Å²) in [6, 6.07) is 5.70. The Morgan fingerprint density at radius 1 is 1.27 bits per heavy atom. The van der Waals surface area contributed by atoms with E-state index in [0.717, 1.165) is 44.5 Å². The maximum absolute atomic E-state index is 12.5. The standard InChI is InChI=1S/C18H24N6O2/c19-17-18(26)24(12-2-1-6-20-9-12)10-15(22-17)13-8-11(3-4-16(13)25)14-5-7-21-23-14/h3-4,8,10,12,14,20-21,23,25H,1-2,5-7,9H2,(H2,19,22). The first-order chi connectivity index (χ1) is 12.6. The molecule has 2 fully saturated rings. The molecular weight excluding hydrogens is 332 g/mol. The van der Waals surface area contributed by atoms with E-state index in [1.807, 2.05) is 12.1 Å². The van der Waals surface area contributed by atoms with E-state index < -0.39 is 0 Å². The molecule has 26 heavy (non-hydrogen) atoms. The lowest BCUT2D eigenvalue weighted by molar-refractivity contribution is 0.364. The predicted octanol–water partition coefficient (Wildman–Crippen LogP) is 0.662. The van der Waals surface area contributed by atoms with Crippen LogP contribution in [0.25, 0.3) is 11.3 Å². The number of piperidine rings is 1. The van der Waals surface area contributed by atoms with Crippen molar-refractivity contribution < 1.29 is 5.11 Å².